The number of amides is 1. The normalized spacial score (nSPS) is 13.0. The summed E-state index contributed by atoms with van der Waals surface area (Å²) in [6, 6.07) is 6.07. The Morgan fingerprint density at radius 3 is 2.67 bits per heavy atom. The predicted octanol–water partition coefficient (Wildman–Crippen LogP) is 3.34. The molecule has 1 amide bonds. The van der Waals surface area contributed by atoms with Crippen LogP contribution in [0, 0.1) is 11.6 Å². The average molecular weight is 308 g/mol. The van der Waals surface area contributed by atoms with Gasteiger partial charge in [-0.15, -0.1) is 0 Å². The smallest absolute Gasteiger partial charge is 0.228 e. The minimum absolute atomic E-state index is 0.161. The van der Waals surface area contributed by atoms with Crippen molar-refractivity contribution in [2.75, 3.05) is 5.32 Å². The van der Waals surface area contributed by atoms with Crippen LogP contribution in [-0.4, -0.2) is 11.7 Å². The average Bonchev–Trinajstić information content (AvgIpc) is 2.81. The highest BCUT2D eigenvalue weighted by molar-refractivity contribution is 6.31. The second kappa shape index (κ2) is 4.93. The number of fused-ring (bicyclic) bond motifs is 1. The number of nitrogens with one attached hydrogen (secondary N) is 1. The summed E-state index contributed by atoms with van der Waals surface area (Å²) in [6.07, 6.45) is 0.161. The number of anilines is 1. The Hall–Kier alpha value is -2.27. The third kappa shape index (κ3) is 2.40. The van der Waals surface area contributed by atoms with Gasteiger partial charge in [-0.05, 0) is 35.9 Å². The van der Waals surface area contributed by atoms with Crippen LogP contribution in [0.5, 0.6) is 0 Å². The van der Waals surface area contributed by atoms with E-state index >= 15 is 0 Å². The highest BCUT2D eigenvalue weighted by Gasteiger charge is 2.21. The van der Waals surface area contributed by atoms with E-state index < -0.39 is 23.0 Å². The molecule has 0 saturated heterocycles. The molecule has 0 atom stereocenters. The van der Waals surface area contributed by atoms with E-state index in [-0.39, 0.29) is 22.9 Å². The van der Waals surface area contributed by atoms with Gasteiger partial charge in [0.15, 0.2) is 5.78 Å². The summed E-state index contributed by atoms with van der Waals surface area (Å²) in [5, 5.41) is 2.25. The summed E-state index contributed by atoms with van der Waals surface area (Å²) in [5.74, 6) is -2.58. The second-order valence-corrected chi connectivity index (χ2v) is 5.08. The first-order chi connectivity index (χ1) is 9.95. The van der Waals surface area contributed by atoms with Crippen molar-refractivity contribution in [2.24, 2.45) is 0 Å². The zero-order valence-electron chi connectivity index (χ0n) is 10.5. The SMILES string of the molecule is O=C1Cc2cc(C(=O)c3cc(F)c(Cl)cc3F)ccc2N1. The van der Waals surface area contributed by atoms with Gasteiger partial charge < -0.3 is 5.32 Å². The van der Waals surface area contributed by atoms with E-state index in [1.165, 1.54) is 12.1 Å². The van der Waals surface area contributed by atoms with Crippen molar-refractivity contribution in [3.05, 3.63) is 63.7 Å². The molecule has 1 heterocycles. The molecule has 0 fully saturated rings. The van der Waals surface area contributed by atoms with E-state index in [4.69, 9.17) is 11.6 Å². The minimum Gasteiger partial charge on any atom is -0.326 e. The first-order valence-electron chi connectivity index (χ1n) is 6.08. The molecular weight excluding hydrogens is 300 g/mol. The molecule has 0 unspecified atom stereocenters. The van der Waals surface area contributed by atoms with E-state index in [1.54, 1.807) is 6.07 Å². The Kier molecular flexibility index (Phi) is 3.22. The summed E-state index contributed by atoms with van der Waals surface area (Å²) < 4.78 is 27.2. The van der Waals surface area contributed by atoms with Gasteiger partial charge in [0.1, 0.15) is 11.6 Å². The maximum Gasteiger partial charge on any atom is 0.228 e. The molecule has 3 nitrogen and oxygen atoms in total. The number of carbonyl (C=O) groups excluding carboxylic acids is 2. The number of halogens is 3. The topological polar surface area (TPSA) is 46.2 Å². The maximum absolute atomic E-state index is 13.8. The van der Waals surface area contributed by atoms with Crippen LogP contribution < -0.4 is 5.32 Å². The fourth-order valence-corrected chi connectivity index (χ4v) is 2.37. The molecule has 0 bridgehead atoms. The number of ketones is 1. The molecule has 0 aliphatic carbocycles. The van der Waals surface area contributed by atoms with Crippen LogP contribution in [0.1, 0.15) is 21.5 Å². The van der Waals surface area contributed by atoms with Crippen LogP contribution >= 0.6 is 11.6 Å². The van der Waals surface area contributed by atoms with Gasteiger partial charge in [0, 0.05) is 11.3 Å². The molecule has 6 heteroatoms. The van der Waals surface area contributed by atoms with E-state index in [0.717, 1.165) is 12.1 Å². The Morgan fingerprint density at radius 2 is 1.90 bits per heavy atom. The lowest BCUT2D eigenvalue weighted by molar-refractivity contribution is -0.115. The minimum atomic E-state index is -0.888. The number of carbonyl (C=O) groups is 2. The largest absolute Gasteiger partial charge is 0.326 e. The monoisotopic (exact) mass is 307 g/mol. The van der Waals surface area contributed by atoms with Crippen LogP contribution in [0.25, 0.3) is 0 Å². The highest BCUT2D eigenvalue weighted by atomic mass is 35.5. The van der Waals surface area contributed by atoms with Gasteiger partial charge in [0.2, 0.25) is 5.91 Å². The fourth-order valence-electron chi connectivity index (χ4n) is 2.22. The van der Waals surface area contributed by atoms with Gasteiger partial charge in [-0.1, -0.05) is 11.6 Å². The molecule has 1 aliphatic rings. The van der Waals surface area contributed by atoms with Crippen LogP contribution in [0.15, 0.2) is 30.3 Å². The van der Waals surface area contributed by atoms with Crippen molar-refractivity contribution < 1.29 is 18.4 Å². The first-order valence-corrected chi connectivity index (χ1v) is 6.45. The third-order valence-corrected chi connectivity index (χ3v) is 3.54. The van der Waals surface area contributed by atoms with Crippen molar-refractivity contribution in [2.45, 2.75) is 6.42 Å². The molecule has 2 aromatic carbocycles. The molecule has 3 rings (SSSR count). The van der Waals surface area contributed by atoms with E-state index in [0.29, 0.717) is 11.3 Å². The van der Waals surface area contributed by atoms with Crippen molar-refractivity contribution in [1.82, 2.24) is 0 Å². The third-order valence-electron chi connectivity index (χ3n) is 3.25. The van der Waals surface area contributed by atoms with Crippen LogP contribution in [0.3, 0.4) is 0 Å². The maximum atomic E-state index is 13.8. The fraction of sp³-hybridized carbons (Fsp3) is 0.0667. The zero-order valence-corrected chi connectivity index (χ0v) is 11.3. The number of hydrogen-bond acceptors (Lipinski definition) is 2. The quantitative estimate of drug-likeness (QED) is 0.683. The van der Waals surface area contributed by atoms with E-state index in [9.17, 15) is 18.4 Å². The molecule has 1 aliphatic heterocycles. The van der Waals surface area contributed by atoms with Gasteiger partial charge in [0.25, 0.3) is 0 Å². The molecule has 0 aromatic heterocycles. The van der Waals surface area contributed by atoms with Crippen LogP contribution in [0.4, 0.5) is 14.5 Å². The predicted molar refractivity (Wildman–Crippen MR) is 73.6 cm³/mol. The molecular formula is C15H8ClF2NO2. The van der Waals surface area contributed by atoms with Crippen molar-refractivity contribution in [3.8, 4) is 0 Å². The van der Waals surface area contributed by atoms with Gasteiger partial charge in [-0.25, -0.2) is 8.78 Å². The second-order valence-electron chi connectivity index (χ2n) is 4.67. The summed E-state index contributed by atoms with van der Waals surface area (Å²) >= 11 is 5.46. The summed E-state index contributed by atoms with van der Waals surface area (Å²) in [7, 11) is 0. The Balaban J connectivity index is 2.02. The van der Waals surface area contributed by atoms with E-state index in [1.807, 2.05) is 0 Å². The van der Waals surface area contributed by atoms with Gasteiger partial charge >= 0.3 is 0 Å². The first kappa shape index (κ1) is 13.7. The Labute approximate surface area is 123 Å². The molecule has 21 heavy (non-hydrogen) atoms. The molecule has 0 radical (unpaired) electrons. The van der Waals surface area contributed by atoms with Gasteiger partial charge in [-0.2, -0.15) is 0 Å². The van der Waals surface area contributed by atoms with E-state index in [2.05, 4.69) is 5.32 Å². The lowest BCUT2D eigenvalue weighted by atomic mass is 10.00. The summed E-state index contributed by atoms with van der Waals surface area (Å²) in [5.41, 5.74) is 1.07. The summed E-state index contributed by atoms with van der Waals surface area (Å²) in [4.78, 5) is 23.5. The van der Waals surface area contributed by atoms with Crippen molar-refractivity contribution in [1.29, 1.82) is 0 Å². The van der Waals surface area contributed by atoms with Crippen molar-refractivity contribution >= 4 is 29.0 Å². The van der Waals surface area contributed by atoms with Gasteiger partial charge in [-0.3, -0.25) is 9.59 Å². The van der Waals surface area contributed by atoms with Crippen LogP contribution in [0.2, 0.25) is 5.02 Å². The van der Waals surface area contributed by atoms with Crippen LogP contribution in [-0.2, 0) is 11.2 Å². The molecule has 1 N–H and O–H groups in total. The summed E-state index contributed by atoms with van der Waals surface area (Å²) in [6.45, 7) is 0. The highest BCUT2D eigenvalue weighted by Crippen LogP contribution is 2.26. The standard InChI is InChI=1S/C15H8ClF2NO2/c16-10-6-11(17)9(5-12(10)18)15(21)7-1-2-13-8(3-7)4-14(20)19-13/h1-3,5-6H,4H2,(H,19,20). The number of rotatable bonds is 2. The lowest BCUT2D eigenvalue weighted by Crippen LogP contribution is -2.06. The molecule has 0 spiro atoms. The molecule has 106 valence electrons. The Morgan fingerprint density at radius 1 is 1.14 bits per heavy atom. The lowest BCUT2D eigenvalue weighted by Gasteiger charge is -2.06. The number of benzene rings is 2. The zero-order chi connectivity index (χ0) is 15.1. The number of hydrogen-bond donors (Lipinski definition) is 1. The molecule has 2 aromatic rings. The van der Waals surface area contributed by atoms with Crippen molar-refractivity contribution in [3.63, 3.8) is 0 Å². The molecule has 0 saturated carbocycles. The Bertz CT molecular complexity index is 789. The van der Waals surface area contributed by atoms with Gasteiger partial charge in [0.05, 0.1) is 17.0 Å².